The van der Waals surface area contributed by atoms with Gasteiger partial charge in [-0.15, -0.1) is 0 Å². The average molecular weight is 637 g/mol. The molecule has 0 radical (unpaired) electrons. The summed E-state index contributed by atoms with van der Waals surface area (Å²) in [5.41, 5.74) is 1.37. The fourth-order valence-corrected chi connectivity index (χ4v) is 5.17. The van der Waals surface area contributed by atoms with Crippen LogP contribution in [0.15, 0.2) is 48.6 Å². The Morgan fingerprint density at radius 2 is 1.26 bits per heavy atom. The van der Waals surface area contributed by atoms with Crippen molar-refractivity contribution in [1.82, 2.24) is 0 Å². The number of ketones is 2. The molecular formula is C36H44O10. The van der Waals surface area contributed by atoms with Crippen molar-refractivity contribution in [2.24, 2.45) is 5.92 Å². The lowest BCUT2D eigenvalue weighted by Gasteiger charge is -2.24. The number of hydrogen-bond donors (Lipinski definition) is 0. The van der Waals surface area contributed by atoms with Crippen LogP contribution in [0.5, 0.6) is 23.0 Å². The van der Waals surface area contributed by atoms with E-state index in [1.807, 2.05) is 0 Å². The maximum atomic E-state index is 13.3. The molecule has 2 aromatic rings. The zero-order chi connectivity index (χ0) is 32.7. The van der Waals surface area contributed by atoms with Crippen molar-refractivity contribution in [3.8, 4) is 23.0 Å². The van der Waals surface area contributed by atoms with Gasteiger partial charge >= 0.3 is 5.97 Å². The third-order valence-corrected chi connectivity index (χ3v) is 7.68. The molecule has 2 aromatic carbocycles. The van der Waals surface area contributed by atoms with Gasteiger partial charge in [-0.2, -0.15) is 0 Å². The zero-order valence-corrected chi connectivity index (χ0v) is 26.9. The SMILES string of the molecule is CCOC(=O)CCC(C(=O)C=Cc1ccc(OC2CCCCO2)c(OC)c1)C(=O)C=Cc1ccc(OC2CCCCO2)c(OC)c1. The van der Waals surface area contributed by atoms with Crippen LogP contribution in [0.4, 0.5) is 0 Å². The van der Waals surface area contributed by atoms with Crippen molar-refractivity contribution in [1.29, 1.82) is 0 Å². The van der Waals surface area contributed by atoms with Gasteiger partial charge in [-0.3, -0.25) is 14.4 Å². The second kappa shape index (κ2) is 18.1. The van der Waals surface area contributed by atoms with Crippen molar-refractivity contribution in [3.05, 3.63) is 59.7 Å². The molecule has 10 nitrogen and oxygen atoms in total. The van der Waals surface area contributed by atoms with Gasteiger partial charge in [0.25, 0.3) is 0 Å². The first-order valence-electron chi connectivity index (χ1n) is 15.9. The largest absolute Gasteiger partial charge is 0.493 e. The van der Waals surface area contributed by atoms with E-state index in [1.165, 1.54) is 12.2 Å². The second-order valence-corrected chi connectivity index (χ2v) is 11.0. The van der Waals surface area contributed by atoms with Gasteiger partial charge in [-0.1, -0.05) is 24.3 Å². The quantitative estimate of drug-likeness (QED) is 0.117. The van der Waals surface area contributed by atoms with Crippen LogP contribution < -0.4 is 18.9 Å². The van der Waals surface area contributed by atoms with E-state index in [9.17, 15) is 14.4 Å². The van der Waals surface area contributed by atoms with E-state index < -0.39 is 23.5 Å². The van der Waals surface area contributed by atoms with E-state index in [1.54, 1.807) is 69.7 Å². The molecular weight excluding hydrogens is 592 g/mol. The van der Waals surface area contributed by atoms with Crippen molar-refractivity contribution < 1.29 is 47.5 Å². The Morgan fingerprint density at radius 3 is 1.67 bits per heavy atom. The lowest BCUT2D eigenvalue weighted by molar-refractivity contribution is -0.143. The molecule has 2 unspecified atom stereocenters. The predicted octanol–water partition coefficient (Wildman–Crippen LogP) is 6.34. The molecule has 248 valence electrons. The number of rotatable bonds is 16. The molecule has 0 N–H and O–H groups in total. The smallest absolute Gasteiger partial charge is 0.305 e. The summed E-state index contributed by atoms with van der Waals surface area (Å²) < 4.78 is 39.3. The molecule has 2 aliphatic rings. The summed E-state index contributed by atoms with van der Waals surface area (Å²) in [5, 5.41) is 0. The Kier molecular flexibility index (Phi) is 13.7. The Bertz CT molecular complexity index is 1280. The Hall–Kier alpha value is -4.15. The van der Waals surface area contributed by atoms with E-state index in [-0.39, 0.29) is 32.0 Å². The van der Waals surface area contributed by atoms with Crippen LogP contribution >= 0.6 is 0 Å². The predicted molar refractivity (Wildman–Crippen MR) is 172 cm³/mol. The summed E-state index contributed by atoms with van der Waals surface area (Å²) in [6.07, 6.45) is 10.9. The highest BCUT2D eigenvalue weighted by molar-refractivity contribution is 6.13. The van der Waals surface area contributed by atoms with Gasteiger partial charge in [0, 0.05) is 19.3 Å². The molecule has 0 amide bonds. The van der Waals surface area contributed by atoms with E-state index in [2.05, 4.69) is 0 Å². The number of ether oxygens (including phenoxy) is 7. The fourth-order valence-electron chi connectivity index (χ4n) is 5.17. The summed E-state index contributed by atoms with van der Waals surface area (Å²) in [6, 6.07) is 10.6. The van der Waals surface area contributed by atoms with E-state index >= 15 is 0 Å². The maximum absolute atomic E-state index is 13.3. The van der Waals surface area contributed by atoms with Crippen molar-refractivity contribution in [2.75, 3.05) is 34.0 Å². The molecule has 0 aliphatic carbocycles. The molecule has 46 heavy (non-hydrogen) atoms. The van der Waals surface area contributed by atoms with Crippen molar-refractivity contribution in [2.45, 2.75) is 70.9 Å². The Morgan fingerprint density at radius 1 is 0.761 bits per heavy atom. The van der Waals surface area contributed by atoms with Crippen molar-refractivity contribution in [3.63, 3.8) is 0 Å². The van der Waals surface area contributed by atoms with Crippen LogP contribution in [-0.2, 0) is 28.6 Å². The van der Waals surface area contributed by atoms with Crippen LogP contribution in [0.25, 0.3) is 12.2 Å². The van der Waals surface area contributed by atoms with E-state index in [0.29, 0.717) is 47.3 Å². The van der Waals surface area contributed by atoms with Gasteiger partial charge in [0.1, 0.15) is 0 Å². The van der Waals surface area contributed by atoms with Crippen LogP contribution in [0.1, 0.15) is 69.4 Å². The van der Waals surface area contributed by atoms with Gasteiger partial charge < -0.3 is 33.2 Å². The minimum absolute atomic E-state index is 0.0140. The van der Waals surface area contributed by atoms with Gasteiger partial charge in [0.2, 0.25) is 0 Å². The molecule has 2 heterocycles. The molecule has 2 fully saturated rings. The average Bonchev–Trinajstić information content (AvgIpc) is 3.08. The molecule has 2 atom stereocenters. The Labute approximate surface area is 270 Å². The number of methoxy groups -OCH3 is 2. The normalized spacial score (nSPS) is 19.0. The number of hydrogen-bond acceptors (Lipinski definition) is 10. The number of esters is 1. The Balaban J connectivity index is 1.45. The summed E-state index contributed by atoms with van der Waals surface area (Å²) in [7, 11) is 3.08. The molecule has 0 aromatic heterocycles. The van der Waals surface area contributed by atoms with Gasteiger partial charge in [0.05, 0.1) is 40.0 Å². The minimum Gasteiger partial charge on any atom is -0.493 e. The number of carbonyl (C=O) groups is 3. The number of allylic oxidation sites excluding steroid dienone is 2. The number of benzene rings is 2. The minimum atomic E-state index is -1.07. The highest BCUT2D eigenvalue weighted by atomic mass is 16.7. The summed E-state index contributed by atoms with van der Waals surface area (Å²) >= 11 is 0. The summed E-state index contributed by atoms with van der Waals surface area (Å²) in [4.78, 5) is 38.8. The molecule has 0 spiro atoms. The molecule has 2 saturated heterocycles. The first-order valence-corrected chi connectivity index (χ1v) is 15.9. The lowest BCUT2D eigenvalue weighted by atomic mass is 9.92. The highest BCUT2D eigenvalue weighted by Crippen LogP contribution is 2.32. The lowest BCUT2D eigenvalue weighted by Crippen LogP contribution is -2.25. The van der Waals surface area contributed by atoms with Gasteiger partial charge in [-0.05, 0) is 86.6 Å². The summed E-state index contributed by atoms with van der Waals surface area (Å²) in [5.74, 6) is -0.304. The third kappa shape index (κ3) is 10.5. The first kappa shape index (κ1) is 34.7. The summed E-state index contributed by atoms with van der Waals surface area (Å²) in [6.45, 7) is 3.24. The van der Waals surface area contributed by atoms with Crippen LogP contribution in [0, 0.1) is 5.92 Å². The molecule has 2 aliphatic heterocycles. The molecule has 10 heteroatoms. The highest BCUT2D eigenvalue weighted by Gasteiger charge is 2.25. The fraction of sp³-hybridized carbons (Fsp3) is 0.472. The van der Waals surface area contributed by atoms with Crippen LogP contribution in [0.3, 0.4) is 0 Å². The first-order chi connectivity index (χ1) is 22.4. The topological polar surface area (TPSA) is 116 Å². The maximum Gasteiger partial charge on any atom is 0.305 e. The van der Waals surface area contributed by atoms with Crippen LogP contribution in [-0.4, -0.2) is 64.2 Å². The molecule has 4 rings (SSSR count). The van der Waals surface area contributed by atoms with Crippen LogP contribution in [0.2, 0.25) is 0 Å². The standard InChI is InChI=1S/C36H44O10/c1-4-42-34(39)20-15-27(28(37)16-11-25-13-18-30(32(23-25)40-2)45-35-9-5-7-21-43-35)29(38)17-12-26-14-19-31(33(24-26)41-3)46-36-10-6-8-22-44-36/h11-14,16-19,23-24,27,35-36H,4-10,15,20-22H2,1-3H3. The zero-order valence-electron chi connectivity index (χ0n) is 26.9. The van der Waals surface area contributed by atoms with E-state index in [4.69, 9.17) is 33.2 Å². The second-order valence-electron chi connectivity index (χ2n) is 11.0. The number of carbonyl (C=O) groups excluding carboxylic acids is 3. The molecule has 0 saturated carbocycles. The van der Waals surface area contributed by atoms with Gasteiger partial charge in [-0.25, -0.2) is 0 Å². The van der Waals surface area contributed by atoms with Gasteiger partial charge in [0.15, 0.2) is 47.1 Å². The molecule has 0 bridgehead atoms. The van der Waals surface area contributed by atoms with E-state index in [0.717, 1.165) is 38.5 Å². The third-order valence-electron chi connectivity index (χ3n) is 7.68. The monoisotopic (exact) mass is 636 g/mol. The van der Waals surface area contributed by atoms with Crippen molar-refractivity contribution >= 4 is 29.7 Å².